The predicted molar refractivity (Wildman–Crippen MR) is 98.1 cm³/mol. The Morgan fingerprint density at radius 2 is 1.68 bits per heavy atom. The minimum atomic E-state index is -3.35. The molecular weight excluding hydrogens is 338 g/mol. The standard InChI is InChI=1S/C18H27N3O3S/c1-2-19-18(22)15-9-13-20(14-10-15)16-5-7-17(8-6-16)25(23,24)21-11-3-4-12-21/h5-8,15H,2-4,9-14H2,1H3,(H,19,22). The summed E-state index contributed by atoms with van der Waals surface area (Å²) in [7, 11) is -3.35. The van der Waals surface area contributed by atoms with Crippen molar-refractivity contribution in [1.29, 1.82) is 0 Å². The van der Waals surface area contributed by atoms with Crippen molar-refractivity contribution in [3.05, 3.63) is 24.3 Å². The molecule has 0 spiro atoms. The molecular formula is C18H27N3O3S. The summed E-state index contributed by atoms with van der Waals surface area (Å²) in [6, 6.07) is 7.18. The van der Waals surface area contributed by atoms with Gasteiger partial charge in [0.15, 0.2) is 0 Å². The lowest BCUT2D eigenvalue weighted by atomic mass is 9.95. The lowest BCUT2D eigenvalue weighted by Crippen LogP contribution is -2.40. The highest BCUT2D eigenvalue weighted by Crippen LogP contribution is 2.26. The highest BCUT2D eigenvalue weighted by Gasteiger charge is 2.28. The summed E-state index contributed by atoms with van der Waals surface area (Å²) in [5.41, 5.74) is 1.02. The first-order chi connectivity index (χ1) is 12.0. The summed E-state index contributed by atoms with van der Waals surface area (Å²) in [4.78, 5) is 14.5. The van der Waals surface area contributed by atoms with Crippen LogP contribution < -0.4 is 10.2 Å². The van der Waals surface area contributed by atoms with E-state index in [2.05, 4.69) is 10.2 Å². The Kier molecular flexibility index (Phi) is 5.64. The van der Waals surface area contributed by atoms with Crippen molar-refractivity contribution in [1.82, 2.24) is 9.62 Å². The predicted octanol–water partition coefficient (Wildman–Crippen LogP) is 1.82. The molecule has 1 aromatic rings. The van der Waals surface area contributed by atoms with Crippen LogP contribution in [0, 0.1) is 5.92 Å². The molecule has 1 aromatic carbocycles. The van der Waals surface area contributed by atoms with Gasteiger partial charge in [0.05, 0.1) is 4.90 Å². The van der Waals surface area contributed by atoms with Crippen LogP contribution in [-0.4, -0.2) is 51.4 Å². The van der Waals surface area contributed by atoms with Crippen LogP contribution >= 0.6 is 0 Å². The Bertz CT molecular complexity index is 689. The Balaban J connectivity index is 1.63. The number of hydrogen-bond donors (Lipinski definition) is 1. The number of carbonyl (C=O) groups excluding carboxylic acids is 1. The largest absolute Gasteiger partial charge is 0.371 e. The Labute approximate surface area is 150 Å². The monoisotopic (exact) mass is 365 g/mol. The van der Waals surface area contributed by atoms with Gasteiger partial charge in [0, 0.05) is 44.3 Å². The number of nitrogens with one attached hydrogen (secondary N) is 1. The molecule has 25 heavy (non-hydrogen) atoms. The van der Waals surface area contributed by atoms with E-state index in [0.717, 1.165) is 44.5 Å². The summed E-state index contributed by atoms with van der Waals surface area (Å²) in [5, 5.41) is 2.89. The van der Waals surface area contributed by atoms with Gasteiger partial charge in [0.1, 0.15) is 0 Å². The molecule has 2 fully saturated rings. The first-order valence-electron chi connectivity index (χ1n) is 9.15. The Hall–Kier alpha value is -1.60. The third kappa shape index (κ3) is 3.98. The minimum absolute atomic E-state index is 0.0889. The average molecular weight is 365 g/mol. The topological polar surface area (TPSA) is 69.7 Å². The number of hydrogen-bond acceptors (Lipinski definition) is 4. The fourth-order valence-corrected chi connectivity index (χ4v) is 5.14. The maximum Gasteiger partial charge on any atom is 0.243 e. The minimum Gasteiger partial charge on any atom is -0.371 e. The van der Waals surface area contributed by atoms with Gasteiger partial charge in [-0.2, -0.15) is 4.31 Å². The van der Waals surface area contributed by atoms with Crippen molar-refractivity contribution in [2.75, 3.05) is 37.6 Å². The van der Waals surface area contributed by atoms with E-state index in [0.29, 0.717) is 24.5 Å². The number of sulfonamides is 1. The van der Waals surface area contributed by atoms with Gasteiger partial charge in [-0.25, -0.2) is 8.42 Å². The van der Waals surface area contributed by atoms with Crippen LogP contribution in [-0.2, 0) is 14.8 Å². The van der Waals surface area contributed by atoms with Crippen LogP contribution in [0.15, 0.2) is 29.2 Å². The molecule has 2 saturated heterocycles. The molecule has 1 amide bonds. The van der Waals surface area contributed by atoms with E-state index in [1.165, 1.54) is 0 Å². The molecule has 0 aliphatic carbocycles. The highest BCUT2D eigenvalue weighted by molar-refractivity contribution is 7.89. The average Bonchev–Trinajstić information content (AvgIpc) is 3.18. The summed E-state index contributed by atoms with van der Waals surface area (Å²) in [6.07, 6.45) is 3.55. The molecule has 2 aliphatic rings. The van der Waals surface area contributed by atoms with Gasteiger partial charge in [-0.3, -0.25) is 4.79 Å². The second-order valence-corrected chi connectivity index (χ2v) is 8.70. The number of amides is 1. The number of nitrogens with zero attached hydrogens (tertiary/aromatic N) is 2. The zero-order valence-corrected chi connectivity index (χ0v) is 15.6. The molecule has 3 rings (SSSR count). The molecule has 6 nitrogen and oxygen atoms in total. The third-order valence-electron chi connectivity index (χ3n) is 5.12. The second kappa shape index (κ2) is 7.74. The highest BCUT2D eigenvalue weighted by atomic mass is 32.2. The van der Waals surface area contributed by atoms with Gasteiger partial charge in [-0.15, -0.1) is 0 Å². The van der Waals surface area contributed by atoms with Crippen LogP contribution in [0.1, 0.15) is 32.6 Å². The first-order valence-corrected chi connectivity index (χ1v) is 10.6. The molecule has 2 heterocycles. The first kappa shape index (κ1) is 18.2. The molecule has 0 saturated carbocycles. The fourth-order valence-electron chi connectivity index (χ4n) is 3.62. The van der Waals surface area contributed by atoms with Gasteiger partial charge in [-0.1, -0.05) is 0 Å². The van der Waals surface area contributed by atoms with Crippen molar-refractivity contribution < 1.29 is 13.2 Å². The SMILES string of the molecule is CCNC(=O)C1CCN(c2ccc(S(=O)(=O)N3CCCC3)cc2)CC1. The lowest BCUT2D eigenvalue weighted by Gasteiger charge is -2.33. The molecule has 0 aromatic heterocycles. The summed E-state index contributed by atoms with van der Waals surface area (Å²) >= 11 is 0. The molecule has 138 valence electrons. The zero-order valence-electron chi connectivity index (χ0n) is 14.8. The van der Waals surface area contributed by atoms with Crippen molar-refractivity contribution in [3.63, 3.8) is 0 Å². The van der Waals surface area contributed by atoms with Gasteiger partial charge >= 0.3 is 0 Å². The summed E-state index contributed by atoms with van der Waals surface area (Å²) < 4.78 is 26.7. The van der Waals surface area contributed by atoms with Crippen LogP contribution in [0.25, 0.3) is 0 Å². The van der Waals surface area contributed by atoms with Crippen molar-refractivity contribution in [2.24, 2.45) is 5.92 Å². The van der Waals surface area contributed by atoms with E-state index in [-0.39, 0.29) is 11.8 Å². The zero-order chi connectivity index (χ0) is 17.9. The van der Waals surface area contributed by atoms with E-state index in [1.807, 2.05) is 19.1 Å². The Morgan fingerprint density at radius 3 is 2.24 bits per heavy atom. The Morgan fingerprint density at radius 1 is 1.08 bits per heavy atom. The maximum absolute atomic E-state index is 12.6. The molecule has 2 aliphatic heterocycles. The maximum atomic E-state index is 12.6. The van der Waals surface area contributed by atoms with E-state index in [1.54, 1.807) is 16.4 Å². The van der Waals surface area contributed by atoms with Gasteiger partial charge in [0.2, 0.25) is 15.9 Å². The number of benzene rings is 1. The van der Waals surface area contributed by atoms with E-state index < -0.39 is 10.0 Å². The molecule has 7 heteroatoms. The van der Waals surface area contributed by atoms with E-state index in [4.69, 9.17) is 0 Å². The summed E-state index contributed by atoms with van der Waals surface area (Å²) in [6.45, 7) is 5.49. The smallest absolute Gasteiger partial charge is 0.243 e. The van der Waals surface area contributed by atoms with Crippen LogP contribution in [0.2, 0.25) is 0 Å². The molecule has 0 bridgehead atoms. The van der Waals surface area contributed by atoms with Crippen LogP contribution in [0.5, 0.6) is 0 Å². The van der Waals surface area contributed by atoms with Crippen LogP contribution in [0.4, 0.5) is 5.69 Å². The number of anilines is 1. The summed E-state index contributed by atoms with van der Waals surface area (Å²) in [5.74, 6) is 0.236. The number of rotatable bonds is 5. The van der Waals surface area contributed by atoms with Crippen LogP contribution in [0.3, 0.4) is 0 Å². The second-order valence-electron chi connectivity index (χ2n) is 6.76. The number of carbonyl (C=O) groups is 1. The molecule has 1 N–H and O–H groups in total. The van der Waals surface area contributed by atoms with Crippen molar-refractivity contribution >= 4 is 21.6 Å². The van der Waals surface area contributed by atoms with Gasteiger partial charge in [0.25, 0.3) is 0 Å². The van der Waals surface area contributed by atoms with Gasteiger partial charge in [-0.05, 0) is 56.9 Å². The quantitative estimate of drug-likeness (QED) is 0.864. The lowest BCUT2D eigenvalue weighted by molar-refractivity contribution is -0.125. The molecule has 0 unspecified atom stereocenters. The third-order valence-corrected chi connectivity index (χ3v) is 7.03. The number of piperidine rings is 1. The van der Waals surface area contributed by atoms with Crippen molar-refractivity contribution in [2.45, 2.75) is 37.5 Å². The van der Waals surface area contributed by atoms with E-state index in [9.17, 15) is 13.2 Å². The molecule has 0 atom stereocenters. The normalized spacial score (nSPS) is 20.0. The molecule has 0 radical (unpaired) electrons. The van der Waals surface area contributed by atoms with Crippen molar-refractivity contribution in [3.8, 4) is 0 Å². The van der Waals surface area contributed by atoms with Gasteiger partial charge < -0.3 is 10.2 Å². The van der Waals surface area contributed by atoms with E-state index >= 15 is 0 Å². The fraction of sp³-hybridized carbons (Fsp3) is 0.611.